The number of nitrogens with zero attached hydrogens (tertiary/aromatic N) is 4. The molecule has 0 aliphatic heterocycles. The van der Waals surface area contributed by atoms with Crippen LogP contribution in [0.5, 0.6) is 0 Å². The average molecular weight is 241 g/mol. The van der Waals surface area contributed by atoms with E-state index in [1.54, 1.807) is 11.0 Å². The summed E-state index contributed by atoms with van der Waals surface area (Å²) in [4.78, 5) is 4.15. The first-order valence-corrected chi connectivity index (χ1v) is 5.83. The Balaban J connectivity index is 1.80. The molecule has 0 amide bonds. The molecular weight excluding hydrogens is 226 g/mol. The molecule has 0 saturated heterocycles. The van der Waals surface area contributed by atoms with Crippen LogP contribution in [0.1, 0.15) is 17.0 Å². The molecule has 18 heavy (non-hydrogen) atoms. The van der Waals surface area contributed by atoms with E-state index in [1.165, 1.54) is 0 Å². The van der Waals surface area contributed by atoms with Crippen LogP contribution in [-0.2, 0) is 20.0 Å². The van der Waals surface area contributed by atoms with Gasteiger partial charge in [-0.2, -0.15) is 10.4 Å². The Hall–Kier alpha value is -2.19. The molecule has 0 bridgehead atoms. The van der Waals surface area contributed by atoms with E-state index in [4.69, 9.17) is 5.26 Å². The highest BCUT2D eigenvalue weighted by Gasteiger charge is 2.01. The van der Waals surface area contributed by atoms with Gasteiger partial charge in [0.15, 0.2) is 5.82 Å². The van der Waals surface area contributed by atoms with Crippen molar-refractivity contribution in [2.24, 2.45) is 7.05 Å². The van der Waals surface area contributed by atoms with Crippen molar-refractivity contribution in [3.63, 3.8) is 0 Å². The molecule has 0 atom stereocenters. The lowest BCUT2D eigenvalue weighted by Gasteiger charge is -2.05. The first-order chi connectivity index (χ1) is 8.79. The molecule has 2 rings (SSSR count). The normalized spacial score (nSPS) is 10.2. The van der Waals surface area contributed by atoms with E-state index in [0.29, 0.717) is 6.54 Å². The fourth-order valence-electron chi connectivity index (χ4n) is 1.71. The largest absolute Gasteiger partial charge is 0.312 e. The van der Waals surface area contributed by atoms with E-state index < -0.39 is 0 Å². The maximum Gasteiger partial charge on any atom is 0.151 e. The molecule has 0 aliphatic carbocycles. The number of aromatic nitrogens is 3. The van der Waals surface area contributed by atoms with Gasteiger partial charge in [-0.05, 0) is 11.6 Å². The van der Waals surface area contributed by atoms with Crippen molar-refractivity contribution in [2.45, 2.75) is 13.0 Å². The fraction of sp³-hybridized carbons (Fsp3) is 0.308. The summed E-state index contributed by atoms with van der Waals surface area (Å²) in [5, 5.41) is 16.5. The van der Waals surface area contributed by atoms with Gasteiger partial charge in [-0.15, -0.1) is 0 Å². The zero-order valence-electron chi connectivity index (χ0n) is 10.3. The number of aryl methyl sites for hydroxylation is 1. The Morgan fingerprint density at radius 3 is 2.94 bits per heavy atom. The van der Waals surface area contributed by atoms with E-state index in [0.717, 1.165) is 29.9 Å². The summed E-state index contributed by atoms with van der Waals surface area (Å²) in [6.07, 6.45) is 2.48. The predicted octanol–water partition coefficient (Wildman–Crippen LogP) is 1.02. The fourth-order valence-corrected chi connectivity index (χ4v) is 1.71. The highest BCUT2D eigenvalue weighted by molar-refractivity contribution is 5.37. The van der Waals surface area contributed by atoms with Gasteiger partial charge in [-0.25, -0.2) is 4.98 Å². The molecule has 5 heteroatoms. The summed E-state index contributed by atoms with van der Waals surface area (Å²) in [6, 6.07) is 9.80. The molecule has 1 aromatic heterocycles. The van der Waals surface area contributed by atoms with Gasteiger partial charge in [0, 0.05) is 26.6 Å². The second-order valence-corrected chi connectivity index (χ2v) is 4.03. The number of hydrogen-bond acceptors (Lipinski definition) is 4. The Labute approximate surface area is 106 Å². The van der Waals surface area contributed by atoms with Crippen molar-refractivity contribution in [3.05, 3.63) is 47.5 Å². The summed E-state index contributed by atoms with van der Waals surface area (Å²) in [6.45, 7) is 1.49. The van der Waals surface area contributed by atoms with Crippen molar-refractivity contribution in [1.29, 1.82) is 5.26 Å². The molecule has 0 fully saturated rings. The number of nitriles is 1. The molecule has 92 valence electrons. The van der Waals surface area contributed by atoms with Crippen LogP contribution in [0.4, 0.5) is 0 Å². The third kappa shape index (κ3) is 3.15. The summed E-state index contributed by atoms with van der Waals surface area (Å²) in [5.74, 6) is 0.832. The molecule has 2 aromatic rings. The van der Waals surface area contributed by atoms with Crippen LogP contribution in [-0.4, -0.2) is 21.3 Å². The first kappa shape index (κ1) is 12.3. The van der Waals surface area contributed by atoms with Crippen LogP contribution < -0.4 is 5.32 Å². The maximum absolute atomic E-state index is 8.96. The van der Waals surface area contributed by atoms with Gasteiger partial charge in [0.1, 0.15) is 6.33 Å². The average Bonchev–Trinajstić information content (AvgIpc) is 2.81. The molecule has 1 heterocycles. The molecule has 0 radical (unpaired) electrons. The van der Waals surface area contributed by atoms with Crippen LogP contribution in [0.25, 0.3) is 0 Å². The summed E-state index contributed by atoms with van der Waals surface area (Å²) >= 11 is 0. The standard InChI is InChI=1S/C13H15N5/c1-18-10-16-13(17-18)6-7-15-9-12-5-3-2-4-11(12)8-14/h2-5,10,15H,6-7,9H2,1H3. The minimum absolute atomic E-state index is 0.691. The SMILES string of the molecule is Cn1cnc(CCNCc2ccccc2C#N)n1. The van der Waals surface area contributed by atoms with E-state index in [-0.39, 0.29) is 0 Å². The van der Waals surface area contributed by atoms with Gasteiger partial charge in [0.2, 0.25) is 0 Å². The highest BCUT2D eigenvalue weighted by atomic mass is 15.3. The zero-order valence-corrected chi connectivity index (χ0v) is 10.3. The van der Waals surface area contributed by atoms with E-state index in [9.17, 15) is 0 Å². The van der Waals surface area contributed by atoms with Crippen molar-refractivity contribution in [3.8, 4) is 6.07 Å². The topological polar surface area (TPSA) is 66.5 Å². The monoisotopic (exact) mass is 241 g/mol. The van der Waals surface area contributed by atoms with Crippen molar-refractivity contribution >= 4 is 0 Å². The summed E-state index contributed by atoms with van der Waals surface area (Å²) in [5.41, 5.74) is 1.75. The molecule has 1 aromatic carbocycles. The van der Waals surface area contributed by atoms with Gasteiger partial charge in [0.25, 0.3) is 0 Å². The van der Waals surface area contributed by atoms with Crippen molar-refractivity contribution in [2.75, 3.05) is 6.54 Å². The first-order valence-electron chi connectivity index (χ1n) is 5.83. The number of benzene rings is 1. The van der Waals surface area contributed by atoms with Gasteiger partial charge in [-0.3, -0.25) is 4.68 Å². The lowest BCUT2D eigenvalue weighted by molar-refractivity contribution is 0.660. The summed E-state index contributed by atoms with van der Waals surface area (Å²) in [7, 11) is 1.85. The molecule has 5 nitrogen and oxygen atoms in total. The minimum Gasteiger partial charge on any atom is -0.312 e. The van der Waals surface area contributed by atoms with Crippen molar-refractivity contribution in [1.82, 2.24) is 20.1 Å². The Morgan fingerprint density at radius 2 is 2.22 bits per heavy atom. The third-order valence-electron chi connectivity index (χ3n) is 2.63. The third-order valence-corrected chi connectivity index (χ3v) is 2.63. The Bertz CT molecular complexity index is 553. The number of rotatable bonds is 5. The second kappa shape index (κ2) is 5.94. The number of nitrogens with one attached hydrogen (secondary N) is 1. The van der Waals surface area contributed by atoms with Crippen LogP contribution in [0.3, 0.4) is 0 Å². The predicted molar refractivity (Wildman–Crippen MR) is 67.6 cm³/mol. The minimum atomic E-state index is 0.691. The van der Waals surface area contributed by atoms with Gasteiger partial charge >= 0.3 is 0 Å². The van der Waals surface area contributed by atoms with Gasteiger partial charge in [0.05, 0.1) is 11.6 Å². The zero-order chi connectivity index (χ0) is 12.8. The second-order valence-electron chi connectivity index (χ2n) is 4.03. The quantitative estimate of drug-likeness (QED) is 0.794. The molecule has 0 aliphatic rings. The van der Waals surface area contributed by atoms with Crippen molar-refractivity contribution < 1.29 is 0 Å². The van der Waals surface area contributed by atoms with Crippen LogP contribution >= 0.6 is 0 Å². The van der Waals surface area contributed by atoms with E-state index in [1.807, 2.05) is 31.3 Å². The number of hydrogen-bond donors (Lipinski definition) is 1. The maximum atomic E-state index is 8.96. The van der Waals surface area contributed by atoms with Crippen LogP contribution in [0, 0.1) is 11.3 Å². The highest BCUT2D eigenvalue weighted by Crippen LogP contribution is 2.06. The van der Waals surface area contributed by atoms with E-state index in [2.05, 4.69) is 21.5 Å². The lowest BCUT2D eigenvalue weighted by Crippen LogP contribution is -2.18. The van der Waals surface area contributed by atoms with Gasteiger partial charge in [-0.1, -0.05) is 18.2 Å². The van der Waals surface area contributed by atoms with E-state index >= 15 is 0 Å². The van der Waals surface area contributed by atoms with Gasteiger partial charge < -0.3 is 5.32 Å². The van der Waals surface area contributed by atoms with Crippen LogP contribution in [0.15, 0.2) is 30.6 Å². The lowest BCUT2D eigenvalue weighted by atomic mass is 10.1. The molecule has 0 unspecified atom stereocenters. The molecule has 0 spiro atoms. The summed E-state index contributed by atoms with van der Waals surface area (Å²) < 4.78 is 1.69. The molecular formula is C13H15N5. The Morgan fingerprint density at radius 1 is 1.39 bits per heavy atom. The Kier molecular flexibility index (Phi) is 4.05. The molecule has 0 saturated carbocycles. The smallest absolute Gasteiger partial charge is 0.151 e. The molecule has 1 N–H and O–H groups in total. The van der Waals surface area contributed by atoms with Crippen LogP contribution in [0.2, 0.25) is 0 Å².